The molecule has 2 heteroatoms. The number of benzene rings is 7. The van der Waals surface area contributed by atoms with Crippen LogP contribution in [0.4, 0.5) is 17.1 Å². The average molecular weight is 647 g/mol. The van der Waals surface area contributed by atoms with Gasteiger partial charge in [0, 0.05) is 33.2 Å². The van der Waals surface area contributed by atoms with Crippen LogP contribution in [0.5, 0.6) is 0 Å². The molecule has 0 saturated carbocycles. The predicted molar refractivity (Wildman–Crippen MR) is 214 cm³/mol. The van der Waals surface area contributed by atoms with Crippen molar-refractivity contribution in [3.8, 4) is 16.8 Å². The lowest BCUT2D eigenvalue weighted by atomic mass is 9.63. The van der Waals surface area contributed by atoms with E-state index in [1.165, 1.54) is 73.4 Å². The van der Waals surface area contributed by atoms with E-state index in [1.807, 2.05) is 0 Å². The first-order valence-electron chi connectivity index (χ1n) is 17.9. The highest BCUT2D eigenvalue weighted by Gasteiger charge is 2.37. The number of anilines is 3. The summed E-state index contributed by atoms with van der Waals surface area (Å²) in [6.45, 7) is 9.64. The molecule has 0 bridgehead atoms. The Morgan fingerprint density at radius 3 is 1.88 bits per heavy atom. The molecule has 2 nitrogen and oxygen atoms in total. The molecule has 1 heterocycles. The third kappa shape index (κ3) is 4.93. The van der Waals surface area contributed by atoms with E-state index in [0.29, 0.717) is 0 Å². The van der Waals surface area contributed by atoms with Gasteiger partial charge in [0.15, 0.2) is 0 Å². The maximum Gasteiger partial charge on any atom is 0.0561 e. The first-order valence-corrected chi connectivity index (χ1v) is 17.9. The number of para-hydroxylation sites is 1. The highest BCUT2D eigenvalue weighted by atomic mass is 15.1. The van der Waals surface area contributed by atoms with Crippen LogP contribution in [0.15, 0.2) is 158 Å². The zero-order chi connectivity index (χ0) is 34.0. The van der Waals surface area contributed by atoms with E-state index in [1.54, 1.807) is 0 Å². The maximum atomic E-state index is 2.49. The van der Waals surface area contributed by atoms with Gasteiger partial charge in [0.1, 0.15) is 0 Å². The Hall–Kier alpha value is -5.60. The molecule has 1 aliphatic carbocycles. The summed E-state index contributed by atoms with van der Waals surface area (Å²) in [6.07, 6.45) is 2.40. The van der Waals surface area contributed by atoms with Crippen molar-refractivity contribution in [1.29, 1.82) is 0 Å². The molecule has 0 fully saturated rings. The molecule has 8 aromatic rings. The van der Waals surface area contributed by atoms with Crippen molar-refractivity contribution in [1.82, 2.24) is 4.57 Å². The SMILES string of the molecule is CC1(C)CCC(C)(C)c2cc(-n3c4ccccc4c4ccc(N(c5ccc(-c6ccccc6)cc5)c5cccc6ccccc56)cc43)ccc21. The summed E-state index contributed by atoms with van der Waals surface area (Å²) in [6, 6.07) is 58.1. The van der Waals surface area contributed by atoms with Gasteiger partial charge in [0.2, 0.25) is 0 Å². The number of hydrogen-bond acceptors (Lipinski definition) is 1. The fourth-order valence-electron chi connectivity index (χ4n) is 8.36. The first-order chi connectivity index (χ1) is 24.3. The summed E-state index contributed by atoms with van der Waals surface area (Å²) in [5.41, 5.74) is 12.8. The minimum atomic E-state index is 0.127. The molecule has 0 saturated heterocycles. The standard InChI is InChI=1S/C48H42N2/c1-47(2)29-30-48(3,4)43-31-37(26-28-42(43)47)50-45-19-11-10-18-40(45)41-27-25-38(32-46(41)50)49(44-20-12-16-35-15-8-9-17-39(35)44)36-23-21-34(22-24-36)33-13-6-5-7-14-33/h5-28,31-32H,29-30H2,1-4H3. The Bertz CT molecular complexity index is 2530. The van der Waals surface area contributed by atoms with Crippen LogP contribution in [-0.2, 0) is 10.8 Å². The lowest BCUT2D eigenvalue weighted by Crippen LogP contribution is -2.33. The molecule has 0 unspecified atom stereocenters. The molecule has 9 rings (SSSR count). The van der Waals surface area contributed by atoms with E-state index in [9.17, 15) is 0 Å². The average Bonchev–Trinajstić information content (AvgIpc) is 3.48. The first kappa shape index (κ1) is 30.5. The van der Waals surface area contributed by atoms with Crippen LogP contribution < -0.4 is 4.90 Å². The van der Waals surface area contributed by atoms with Crippen molar-refractivity contribution in [2.45, 2.75) is 51.4 Å². The van der Waals surface area contributed by atoms with Gasteiger partial charge >= 0.3 is 0 Å². The summed E-state index contributed by atoms with van der Waals surface area (Å²) in [5, 5.41) is 4.99. The summed E-state index contributed by atoms with van der Waals surface area (Å²) in [4.78, 5) is 2.43. The molecule has 0 atom stereocenters. The van der Waals surface area contributed by atoms with Gasteiger partial charge in [-0.2, -0.15) is 0 Å². The van der Waals surface area contributed by atoms with E-state index in [2.05, 4.69) is 195 Å². The zero-order valence-electron chi connectivity index (χ0n) is 29.3. The summed E-state index contributed by atoms with van der Waals surface area (Å²) >= 11 is 0. The minimum absolute atomic E-state index is 0.127. The van der Waals surface area contributed by atoms with E-state index in [4.69, 9.17) is 0 Å². The van der Waals surface area contributed by atoms with E-state index in [-0.39, 0.29) is 10.8 Å². The van der Waals surface area contributed by atoms with E-state index >= 15 is 0 Å². The summed E-state index contributed by atoms with van der Waals surface area (Å²) in [7, 11) is 0. The molecule has 0 spiro atoms. The second-order valence-corrected chi connectivity index (χ2v) is 15.3. The smallest absolute Gasteiger partial charge is 0.0561 e. The van der Waals surface area contributed by atoms with Gasteiger partial charge in [-0.1, -0.05) is 137 Å². The Morgan fingerprint density at radius 1 is 0.460 bits per heavy atom. The lowest BCUT2D eigenvalue weighted by molar-refractivity contribution is 0.332. The molecule has 0 amide bonds. The fraction of sp³-hybridized carbons (Fsp3) is 0.167. The fourth-order valence-corrected chi connectivity index (χ4v) is 8.36. The van der Waals surface area contributed by atoms with Crippen molar-refractivity contribution in [3.05, 3.63) is 169 Å². The van der Waals surface area contributed by atoms with Crippen molar-refractivity contribution < 1.29 is 0 Å². The number of fused-ring (bicyclic) bond motifs is 5. The van der Waals surface area contributed by atoms with Crippen molar-refractivity contribution in [2.75, 3.05) is 4.90 Å². The van der Waals surface area contributed by atoms with Crippen LogP contribution >= 0.6 is 0 Å². The van der Waals surface area contributed by atoms with Crippen molar-refractivity contribution >= 4 is 49.6 Å². The Morgan fingerprint density at radius 2 is 1.08 bits per heavy atom. The van der Waals surface area contributed by atoms with Gasteiger partial charge in [-0.25, -0.2) is 0 Å². The van der Waals surface area contributed by atoms with Crippen LogP contribution in [0.1, 0.15) is 51.7 Å². The van der Waals surface area contributed by atoms with Gasteiger partial charge in [-0.15, -0.1) is 0 Å². The Labute approximate surface area is 295 Å². The van der Waals surface area contributed by atoms with Crippen LogP contribution in [0.3, 0.4) is 0 Å². The van der Waals surface area contributed by atoms with Gasteiger partial charge < -0.3 is 9.47 Å². The van der Waals surface area contributed by atoms with Gasteiger partial charge in [-0.05, 0) is 99.8 Å². The third-order valence-electron chi connectivity index (χ3n) is 11.3. The monoisotopic (exact) mass is 646 g/mol. The largest absolute Gasteiger partial charge is 0.310 e. The number of aromatic nitrogens is 1. The summed E-state index contributed by atoms with van der Waals surface area (Å²) in [5.74, 6) is 0. The molecule has 244 valence electrons. The van der Waals surface area contributed by atoms with Crippen LogP contribution in [0.2, 0.25) is 0 Å². The maximum absolute atomic E-state index is 2.49. The molecular weight excluding hydrogens is 605 g/mol. The topological polar surface area (TPSA) is 8.17 Å². The molecule has 50 heavy (non-hydrogen) atoms. The van der Waals surface area contributed by atoms with Gasteiger partial charge in [-0.3, -0.25) is 0 Å². The van der Waals surface area contributed by atoms with Crippen molar-refractivity contribution in [3.63, 3.8) is 0 Å². The lowest BCUT2D eigenvalue weighted by Gasteiger charge is -2.42. The second-order valence-electron chi connectivity index (χ2n) is 15.3. The zero-order valence-corrected chi connectivity index (χ0v) is 29.3. The van der Waals surface area contributed by atoms with E-state index < -0.39 is 0 Å². The second kappa shape index (κ2) is 11.5. The Balaban J connectivity index is 1.28. The quantitative estimate of drug-likeness (QED) is 0.181. The van der Waals surface area contributed by atoms with Crippen LogP contribution in [0.25, 0.3) is 49.4 Å². The molecule has 0 aliphatic heterocycles. The van der Waals surface area contributed by atoms with Gasteiger partial charge in [0.05, 0.1) is 16.7 Å². The molecule has 1 aromatic heterocycles. The third-order valence-corrected chi connectivity index (χ3v) is 11.3. The van der Waals surface area contributed by atoms with Crippen LogP contribution in [-0.4, -0.2) is 4.57 Å². The highest BCUT2D eigenvalue weighted by Crippen LogP contribution is 2.47. The normalized spacial score (nSPS) is 15.0. The van der Waals surface area contributed by atoms with Crippen molar-refractivity contribution in [2.24, 2.45) is 0 Å². The minimum Gasteiger partial charge on any atom is -0.310 e. The number of rotatable bonds is 5. The molecular formula is C48H42N2. The molecule has 0 radical (unpaired) electrons. The van der Waals surface area contributed by atoms with E-state index in [0.717, 1.165) is 17.1 Å². The Kier molecular flexibility index (Phi) is 7.00. The summed E-state index contributed by atoms with van der Waals surface area (Å²) < 4.78 is 2.49. The number of hydrogen-bond donors (Lipinski definition) is 0. The molecule has 0 N–H and O–H groups in total. The van der Waals surface area contributed by atoms with Gasteiger partial charge in [0.25, 0.3) is 0 Å². The molecule has 1 aliphatic rings. The highest BCUT2D eigenvalue weighted by molar-refractivity contribution is 6.11. The predicted octanol–water partition coefficient (Wildman–Crippen LogP) is 13.4. The van der Waals surface area contributed by atoms with Crippen LogP contribution in [0, 0.1) is 0 Å². The molecule has 7 aromatic carbocycles. The number of nitrogens with zero attached hydrogens (tertiary/aromatic N) is 2.